The van der Waals surface area contributed by atoms with Crippen molar-refractivity contribution in [2.24, 2.45) is 11.8 Å². The first kappa shape index (κ1) is 23.0. The summed E-state index contributed by atoms with van der Waals surface area (Å²) < 4.78 is 5.01. The van der Waals surface area contributed by atoms with E-state index in [2.05, 4.69) is 10.6 Å². The molecule has 0 radical (unpaired) electrons. The lowest BCUT2D eigenvalue weighted by Gasteiger charge is -2.24. The summed E-state index contributed by atoms with van der Waals surface area (Å²) in [5.74, 6) is -4.03. The number of nitrogens with one attached hydrogen (secondary N) is 2. The molecule has 2 atom stereocenters. The van der Waals surface area contributed by atoms with E-state index >= 15 is 0 Å². The Bertz CT molecular complexity index is 1030. The summed E-state index contributed by atoms with van der Waals surface area (Å²) in [6, 6.07) is 12.4. The van der Waals surface area contributed by atoms with Gasteiger partial charge in [-0.25, -0.2) is 4.79 Å². The van der Waals surface area contributed by atoms with Gasteiger partial charge in [0.1, 0.15) is 0 Å². The first-order chi connectivity index (χ1) is 15.3. The van der Waals surface area contributed by atoms with Crippen molar-refractivity contribution >= 4 is 46.7 Å². The molecule has 0 fully saturated rings. The zero-order valence-electron chi connectivity index (χ0n) is 16.9. The summed E-state index contributed by atoms with van der Waals surface area (Å²) in [5, 5.41) is 15.1. The molecule has 0 aromatic heterocycles. The molecule has 0 spiro atoms. The number of carboxylic acid groups (broad SMARTS) is 1. The second kappa shape index (κ2) is 10.6. The molecule has 2 amide bonds. The van der Waals surface area contributed by atoms with Crippen molar-refractivity contribution in [1.29, 1.82) is 0 Å². The summed E-state index contributed by atoms with van der Waals surface area (Å²) in [5.41, 5.74) is 1.14. The van der Waals surface area contributed by atoms with E-state index in [4.69, 9.17) is 16.3 Å². The van der Waals surface area contributed by atoms with Crippen LogP contribution in [0.3, 0.4) is 0 Å². The molecule has 3 rings (SSSR count). The highest BCUT2D eigenvalue weighted by atomic mass is 35.5. The van der Waals surface area contributed by atoms with E-state index in [0.717, 1.165) is 0 Å². The average molecular weight is 457 g/mol. The molecule has 0 saturated carbocycles. The fraction of sp³-hybridized carbons (Fsp3) is 0.217. The number of rotatable bonds is 7. The molecule has 0 heterocycles. The van der Waals surface area contributed by atoms with Gasteiger partial charge in [-0.2, -0.15) is 0 Å². The van der Waals surface area contributed by atoms with Gasteiger partial charge in [-0.15, -0.1) is 0 Å². The molecule has 1 aliphatic rings. The molecular weight excluding hydrogens is 436 g/mol. The van der Waals surface area contributed by atoms with Crippen molar-refractivity contribution in [1.82, 2.24) is 0 Å². The quantitative estimate of drug-likeness (QED) is 0.431. The van der Waals surface area contributed by atoms with Gasteiger partial charge in [-0.3, -0.25) is 14.4 Å². The molecular formula is C23H21ClN2O6. The molecule has 166 valence electrons. The van der Waals surface area contributed by atoms with E-state index in [1.165, 1.54) is 24.3 Å². The minimum atomic E-state index is -1.01. The number of anilines is 2. The van der Waals surface area contributed by atoms with Crippen molar-refractivity contribution in [2.45, 2.75) is 12.8 Å². The highest BCUT2D eigenvalue weighted by Gasteiger charge is 2.33. The zero-order valence-corrected chi connectivity index (χ0v) is 17.7. The number of halogens is 1. The van der Waals surface area contributed by atoms with Crippen LogP contribution in [0.1, 0.15) is 23.2 Å². The summed E-state index contributed by atoms with van der Waals surface area (Å²) in [6.45, 7) is -0.467. The Hall–Kier alpha value is -3.65. The van der Waals surface area contributed by atoms with Crippen LogP contribution < -0.4 is 10.6 Å². The Labute approximate surface area is 189 Å². The number of aliphatic carboxylic acids is 1. The van der Waals surface area contributed by atoms with E-state index in [1.54, 1.807) is 36.4 Å². The molecule has 9 heteroatoms. The van der Waals surface area contributed by atoms with Crippen LogP contribution in [0.2, 0.25) is 5.02 Å². The molecule has 0 aliphatic heterocycles. The molecule has 3 N–H and O–H groups in total. The standard InChI is InChI=1S/C23H21ClN2O6/c24-15-7-11-16(12-8-15)25-20(27)13-32-23(31)14-5-9-17(10-6-14)26-21(28)18-3-1-2-4-19(18)22(29)30/h1-2,5-12,18-19H,3-4,13H2,(H,25,27)(H,26,28)(H,29,30). The van der Waals surface area contributed by atoms with Crippen LogP contribution in [0.15, 0.2) is 60.7 Å². The maximum Gasteiger partial charge on any atom is 0.338 e. The fourth-order valence-corrected chi connectivity index (χ4v) is 3.37. The van der Waals surface area contributed by atoms with E-state index in [-0.39, 0.29) is 5.56 Å². The maximum atomic E-state index is 12.5. The lowest BCUT2D eigenvalue weighted by Crippen LogP contribution is -2.34. The SMILES string of the molecule is O=C(COC(=O)c1ccc(NC(=O)C2CC=CCC2C(=O)O)cc1)Nc1ccc(Cl)cc1. The van der Waals surface area contributed by atoms with Crippen molar-refractivity contribution in [3.8, 4) is 0 Å². The molecule has 8 nitrogen and oxygen atoms in total. The first-order valence-electron chi connectivity index (χ1n) is 9.85. The van der Waals surface area contributed by atoms with Gasteiger partial charge in [0.25, 0.3) is 5.91 Å². The number of ether oxygens (including phenoxy) is 1. The van der Waals surface area contributed by atoms with E-state index in [9.17, 15) is 24.3 Å². The fourth-order valence-electron chi connectivity index (χ4n) is 3.25. The van der Waals surface area contributed by atoms with Crippen molar-refractivity contribution in [3.63, 3.8) is 0 Å². The number of esters is 1. The lowest BCUT2D eigenvalue weighted by molar-refractivity contribution is -0.146. The van der Waals surface area contributed by atoms with Gasteiger partial charge in [-0.05, 0) is 61.4 Å². The Morgan fingerprint density at radius 2 is 1.44 bits per heavy atom. The Balaban J connectivity index is 1.51. The van der Waals surface area contributed by atoms with Crippen LogP contribution in [0.4, 0.5) is 11.4 Å². The van der Waals surface area contributed by atoms with Gasteiger partial charge in [-0.1, -0.05) is 23.8 Å². The van der Waals surface area contributed by atoms with Crippen LogP contribution in [0.25, 0.3) is 0 Å². The van der Waals surface area contributed by atoms with Crippen LogP contribution in [0, 0.1) is 11.8 Å². The van der Waals surface area contributed by atoms with Gasteiger partial charge in [0.15, 0.2) is 6.61 Å². The second-order valence-electron chi connectivity index (χ2n) is 7.19. The van der Waals surface area contributed by atoms with Gasteiger partial charge in [0.2, 0.25) is 5.91 Å². The predicted molar refractivity (Wildman–Crippen MR) is 118 cm³/mol. The number of carbonyl (C=O) groups is 4. The number of hydrogen-bond acceptors (Lipinski definition) is 5. The van der Waals surface area contributed by atoms with Crippen LogP contribution in [-0.4, -0.2) is 35.5 Å². The van der Waals surface area contributed by atoms with Crippen LogP contribution in [0.5, 0.6) is 0 Å². The van der Waals surface area contributed by atoms with Crippen LogP contribution in [-0.2, 0) is 19.1 Å². The molecule has 2 unspecified atom stereocenters. The van der Waals surface area contributed by atoms with E-state index < -0.39 is 42.2 Å². The number of benzene rings is 2. The molecule has 2 aromatic carbocycles. The maximum absolute atomic E-state index is 12.5. The minimum Gasteiger partial charge on any atom is -0.481 e. The lowest BCUT2D eigenvalue weighted by atomic mass is 9.82. The summed E-state index contributed by atoms with van der Waals surface area (Å²) in [4.78, 5) is 47.9. The van der Waals surface area contributed by atoms with E-state index in [1.807, 2.05) is 0 Å². The molecule has 32 heavy (non-hydrogen) atoms. The third kappa shape index (κ3) is 6.18. The Morgan fingerprint density at radius 3 is 2.06 bits per heavy atom. The number of carbonyl (C=O) groups excluding carboxylic acids is 3. The average Bonchev–Trinajstić information content (AvgIpc) is 2.79. The second-order valence-corrected chi connectivity index (χ2v) is 7.63. The van der Waals surface area contributed by atoms with Crippen molar-refractivity contribution in [3.05, 3.63) is 71.3 Å². The predicted octanol–water partition coefficient (Wildman–Crippen LogP) is 3.74. The minimum absolute atomic E-state index is 0.200. The van der Waals surface area contributed by atoms with Gasteiger partial charge >= 0.3 is 11.9 Å². The Morgan fingerprint density at radius 1 is 0.875 bits per heavy atom. The Kier molecular flexibility index (Phi) is 7.62. The van der Waals surface area contributed by atoms with Crippen molar-refractivity contribution in [2.75, 3.05) is 17.2 Å². The van der Waals surface area contributed by atoms with Gasteiger partial charge < -0.3 is 20.5 Å². The molecule has 2 aromatic rings. The molecule has 0 bridgehead atoms. The van der Waals surface area contributed by atoms with Gasteiger partial charge in [0.05, 0.1) is 17.4 Å². The zero-order chi connectivity index (χ0) is 23.1. The molecule has 1 aliphatic carbocycles. The summed E-state index contributed by atoms with van der Waals surface area (Å²) >= 11 is 5.78. The normalized spacial score (nSPS) is 17.3. The first-order valence-corrected chi connectivity index (χ1v) is 10.2. The highest BCUT2D eigenvalue weighted by Crippen LogP contribution is 2.27. The third-order valence-corrected chi connectivity index (χ3v) is 5.19. The topological polar surface area (TPSA) is 122 Å². The summed E-state index contributed by atoms with van der Waals surface area (Å²) in [7, 11) is 0. The summed E-state index contributed by atoms with van der Waals surface area (Å²) in [6.07, 6.45) is 4.22. The van der Waals surface area contributed by atoms with E-state index in [0.29, 0.717) is 29.2 Å². The monoisotopic (exact) mass is 456 g/mol. The number of hydrogen-bond donors (Lipinski definition) is 3. The largest absolute Gasteiger partial charge is 0.481 e. The van der Waals surface area contributed by atoms with Gasteiger partial charge in [0, 0.05) is 16.4 Å². The van der Waals surface area contributed by atoms with Crippen molar-refractivity contribution < 1.29 is 29.0 Å². The number of allylic oxidation sites excluding steroid dienone is 2. The number of carboxylic acids is 1. The number of amides is 2. The smallest absolute Gasteiger partial charge is 0.338 e. The molecule has 0 saturated heterocycles. The third-order valence-electron chi connectivity index (χ3n) is 4.94. The van der Waals surface area contributed by atoms with Crippen LogP contribution >= 0.6 is 11.6 Å². The highest BCUT2D eigenvalue weighted by molar-refractivity contribution is 6.30.